The van der Waals surface area contributed by atoms with Crippen LogP contribution in [0.1, 0.15) is 16.7 Å². The van der Waals surface area contributed by atoms with Crippen LogP contribution in [-0.2, 0) is 6.54 Å². The minimum atomic E-state index is 0.645. The number of rotatable bonds is 3. The molecule has 0 aliphatic heterocycles. The molecule has 0 saturated carbocycles. The van der Waals surface area contributed by atoms with E-state index in [0.717, 1.165) is 5.69 Å². The van der Waals surface area contributed by atoms with Gasteiger partial charge in [0.1, 0.15) is 0 Å². The number of aryl methyl sites for hydroxylation is 2. The fourth-order valence-electron chi connectivity index (χ4n) is 1.77. The van der Waals surface area contributed by atoms with Crippen LogP contribution in [0.25, 0.3) is 0 Å². The van der Waals surface area contributed by atoms with Crippen molar-refractivity contribution < 1.29 is 0 Å². The van der Waals surface area contributed by atoms with Crippen LogP contribution >= 0.6 is 23.2 Å². The third-order valence-electron chi connectivity index (χ3n) is 3.00. The molecule has 0 atom stereocenters. The zero-order valence-electron chi connectivity index (χ0n) is 10.4. The highest BCUT2D eigenvalue weighted by Crippen LogP contribution is 2.30. The molecule has 1 N–H and O–H groups in total. The Morgan fingerprint density at radius 3 is 2.22 bits per heavy atom. The van der Waals surface area contributed by atoms with Crippen LogP contribution in [0.15, 0.2) is 36.4 Å². The molecule has 94 valence electrons. The van der Waals surface area contributed by atoms with Gasteiger partial charge < -0.3 is 5.32 Å². The van der Waals surface area contributed by atoms with Gasteiger partial charge in [0, 0.05) is 6.54 Å². The fourth-order valence-corrected chi connectivity index (χ4v) is 2.30. The lowest BCUT2D eigenvalue weighted by molar-refractivity contribution is 1.13. The van der Waals surface area contributed by atoms with Gasteiger partial charge in [0.25, 0.3) is 0 Å². The molecule has 2 rings (SSSR count). The summed E-state index contributed by atoms with van der Waals surface area (Å²) >= 11 is 12.2. The molecule has 0 aliphatic carbocycles. The number of nitrogens with one attached hydrogen (secondary N) is 1. The number of hydrogen-bond donors (Lipinski definition) is 1. The average molecular weight is 280 g/mol. The zero-order chi connectivity index (χ0) is 13.1. The Balaban J connectivity index is 2.14. The maximum atomic E-state index is 6.11. The third kappa shape index (κ3) is 2.98. The lowest BCUT2D eigenvalue weighted by atomic mass is 10.1. The average Bonchev–Trinajstić information content (AvgIpc) is 2.33. The molecule has 0 aliphatic rings. The van der Waals surface area contributed by atoms with Crippen molar-refractivity contribution in [3.63, 3.8) is 0 Å². The van der Waals surface area contributed by atoms with Crippen LogP contribution in [0.2, 0.25) is 10.0 Å². The first-order valence-corrected chi connectivity index (χ1v) is 6.57. The molecule has 3 heteroatoms. The van der Waals surface area contributed by atoms with Crippen LogP contribution < -0.4 is 5.32 Å². The maximum absolute atomic E-state index is 6.11. The molecule has 0 unspecified atom stereocenters. The van der Waals surface area contributed by atoms with E-state index in [2.05, 4.69) is 37.4 Å². The van der Waals surface area contributed by atoms with E-state index in [0.29, 0.717) is 16.6 Å². The smallest absolute Gasteiger partial charge is 0.0721 e. The van der Waals surface area contributed by atoms with E-state index >= 15 is 0 Å². The molecule has 0 fully saturated rings. The van der Waals surface area contributed by atoms with Gasteiger partial charge in [-0.25, -0.2) is 0 Å². The molecule has 2 aromatic rings. The van der Waals surface area contributed by atoms with Crippen LogP contribution in [0.5, 0.6) is 0 Å². The van der Waals surface area contributed by atoms with E-state index in [9.17, 15) is 0 Å². The zero-order valence-corrected chi connectivity index (χ0v) is 11.9. The first kappa shape index (κ1) is 13.3. The topological polar surface area (TPSA) is 12.0 Å². The molecule has 2 aromatic carbocycles. The van der Waals surface area contributed by atoms with Gasteiger partial charge in [-0.3, -0.25) is 0 Å². The van der Waals surface area contributed by atoms with Gasteiger partial charge in [-0.2, -0.15) is 0 Å². The number of anilines is 1. The predicted molar refractivity (Wildman–Crippen MR) is 79.7 cm³/mol. The Morgan fingerprint density at radius 2 is 1.61 bits per heavy atom. The SMILES string of the molecule is Cc1ccc(CNc2c(Cl)cccc2Cl)cc1C. The van der Waals surface area contributed by atoms with Gasteiger partial charge in [-0.05, 0) is 42.7 Å². The Hall–Kier alpha value is -1.18. The predicted octanol–water partition coefficient (Wildman–Crippen LogP) is 5.22. The Labute approximate surface area is 118 Å². The summed E-state index contributed by atoms with van der Waals surface area (Å²) in [6, 6.07) is 11.9. The summed E-state index contributed by atoms with van der Waals surface area (Å²) in [6.45, 7) is 4.93. The molecular weight excluding hydrogens is 265 g/mol. The Kier molecular flexibility index (Phi) is 4.15. The molecule has 0 saturated heterocycles. The number of benzene rings is 2. The minimum absolute atomic E-state index is 0.645. The van der Waals surface area contributed by atoms with Gasteiger partial charge in [0.05, 0.1) is 15.7 Å². The van der Waals surface area contributed by atoms with Crippen LogP contribution in [0.4, 0.5) is 5.69 Å². The highest BCUT2D eigenvalue weighted by molar-refractivity contribution is 6.39. The van der Waals surface area contributed by atoms with Crippen molar-refractivity contribution in [1.29, 1.82) is 0 Å². The summed E-state index contributed by atoms with van der Waals surface area (Å²) in [5.41, 5.74) is 4.60. The van der Waals surface area contributed by atoms with Crippen molar-refractivity contribution in [2.75, 3.05) is 5.32 Å². The molecule has 0 radical (unpaired) electrons. The van der Waals surface area contributed by atoms with Crippen molar-refractivity contribution in [3.8, 4) is 0 Å². The molecular formula is C15H15Cl2N. The van der Waals surface area contributed by atoms with E-state index in [1.54, 1.807) is 0 Å². The summed E-state index contributed by atoms with van der Waals surface area (Å²) in [4.78, 5) is 0. The monoisotopic (exact) mass is 279 g/mol. The van der Waals surface area contributed by atoms with Gasteiger partial charge in [0.15, 0.2) is 0 Å². The van der Waals surface area contributed by atoms with E-state index in [1.165, 1.54) is 16.7 Å². The molecule has 0 bridgehead atoms. The molecule has 0 aromatic heterocycles. The van der Waals surface area contributed by atoms with Gasteiger partial charge >= 0.3 is 0 Å². The number of para-hydroxylation sites is 1. The lowest BCUT2D eigenvalue weighted by Crippen LogP contribution is -2.01. The second-order valence-corrected chi connectivity index (χ2v) is 5.18. The van der Waals surface area contributed by atoms with Gasteiger partial charge in [-0.1, -0.05) is 47.5 Å². The second-order valence-electron chi connectivity index (χ2n) is 4.37. The van der Waals surface area contributed by atoms with Crippen molar-refractivity contribution >= 4 is 28.9 Å². The van der Waals surface area contributed by atoms with Gasteiger partial charge in [-0.15, -0.1) is 0 Å². The highest BCUT2D eigenvalue weighted by Gasteiger charge is 2.04. The van der Waals surface area contributed by atoms with Crippen molar-refractivity contribution in [2.24, 2.45) is 0 Å². The summed E-state index contributed by atoms with van der Waals surface area (Å²) < 4.78 is 0. The van der Waals surface area contributed by atoms with E-state index in [4.69, 9.17) is 23.2 Å². The Bertz CT molecular complexity index is 544. The largest absolute Gasteiger partial charge is 0.379 e. The maximum Gasteiger partial charge on any atom is 0.0721 e. The van der Waals surface area contributed by atoms with Crippen LogP contribution in [-0.4, -0.2) is 0 Å². The van der Waals surface area contributed by atoms with Crippen LogP contribution in [0, 0.1) is 13.8 Å². The van der Waals surface area contributed by atoms with E-state index in [1.807, 2.05) is 18.2 Å². The Morgan fingerprint density at radius 1 is 0.944 bits per heavy atom. The summed E-state index contributed by atoms with van der Waals surface area (Å²) in [5, 5.41) is 4.57. The summed E-state index contributed by atoms with van der Waals surface area (Å²) in [7, 11) is 0. The first-order valence-electron chi connectivity index (χ1n) is 5.82. The number of hydrogen-bond acceptors (Lipinski definition) is 1. The minimum Gasteiger partial charge on any atom is -0.379 e. The van der Waals surface area contributed by atoms with E-state index in [-0.39, 0.29) is 0 Å². The lowest BCUT2D eigenvalue weighted by Gasteiger charge is -2.11. The fraction of sp³-hybridized carbons (Fsp3) is 0.200. The van der Waals surface area contributed by atoms with Gasteiger partial charge in [0.2, 0.25) is 0 Å². The molecule has 0 amide bonds. The van der Waals surface area contributed by atoms with Crippen LogP contribution in [0.3, 0.4) is 0 Å². The third-order valence-corrected chi connectivity index (χ3v) is 3.63. The number of halogens is 2. The molecule has 1 nitrogen and oxygen atoms in total. The van der Waals surface area contributed by atoms with Crippen molar-refractivity contribution in [2.45, 2.75) is 20.4 Å². The quantitative estimate of drug-likeness (QED) is 0.812. The van der Waals surface area contributed by atoms with Crippen molar-refractivity contribution in [1.82, 2.24) is 0 Å². The van der Waals surface area contributed by atoms with E-state index < -0.39 is 0 Å². The summed E-state index contributed by atoms with van der Waals surface area (Å²) in [5.74, 6) is 0. The normalized spacial score (nSPS) is 10.4. The molecule has 0 spiro atoms. The summed E-state index contributed by atoms with van der Waals surface area (Å²) in [6.07, 6.45) is 0. The van der Waals surface area contributed by atoms with Crippen molar-refractivity contribution in [3.05, 3.63) is 63.1 Å². The highest BCUT2D eigenvalue weighted by atomic mass is 35.5. The molecule has 0 heterocycles. The second kappa shape index (κ2) is 5.64. The first-order chi connectivity index (χ1) is 8.58. The molecule has 18 heavy (non-hydrogen) atoms. The standard InChI is InChI=1S/C15H15Cl2N/c1-10-6-7-12(8-11(10)2)9-18-15-13(16)4-3-5-14(15)17/h3-8,18H,9H2,1-2H3.